The maximum Gasteiger partial charge on any atom is 0.0890 e. The van der Waals surface area contributed by atoms with Gasteiger partial charge in [0.15, 0.2) is 0 Å². The van der Waals surface area contributed by atoms with Crippen LogP contribution in [0.25, 0.3) is 0 Å². The second kappa shape index (κ2) is 3.08. The fraction of sp³-hybridized carbons (Fsp3) is 0.571. The third-order valence-corrected chi connectivity index (χ3v) is 4.80. The van der Waals surface area contributed by atoms with Crippen molar-refractivity contribution in [3.05, 3.63) is 41.1 Å². The molecule has 2 heterocycles. The van der Waals surface area contributed by atoms with E-state index in [1.165, 1.54) is 5.56 Å². The van der Waals surface area contributed by atoms with E-state index >= 15 is 0 Å². The molecule has 16 heavy (non-hydrogen) atoms. The predicted octanol–water partition coefficient (Wildman–Crippen LogP) is 2.82. The predicted molar refractivity (Wildman–Crippen MR) is 64.8 cm³/mol. The summed E-state index contributed by atoms with van der Waals surface area (Å²) in [7, 11) is 0. The smallest absolute Gasteiger partial charge is 0.0890 e. The maximum atomic E-state index is 12.7. The number of nitrogens with zero attached hydrogens (tertiary/aromatic N) is 1. The van der Waals surface area contributed by atoms with Crippen molar-refractivity contribution >= 4 is 0 Å². The van der Waals surface area contributed by atoms with Crippen LogP contribution in [-0.2, 0) is 5.41 Å². The molecule has 0 N–H and O–H groups in total. The SMILES string of the molecule is C[C@H]1CC2(c3ccccc3)C[C@H](C)[N+]1([O-])C2. The van der Waals surface area contributed by atoms with Crippen LogP contribution in [0.1, 0.15) is 32.3 Å². The maximum absolute atomic E-state index is 12.7. The second-order valence-corrected chi connectivity index (χ2v) is 5.76. The summed E-state index contributed by atoms with van der Waals surface area (Å²) in [6.07, 6.45) is 2.12. The molecule has 2 fully saturated rings. The van der Waals surface area contributed by atoms with Crippen molar-refractivity contribution in [1.82, 2.24) is 0 Å². The highest BCUT2D eigenvalue weighted by Gasteiger charge is 2.59. The minimum atomic E-state index is 0.0366. The van der Waals surface area contributed by atoms with Crippen molar-refractivity contribution in [3.63, 3.8) is 0 Å². The normalized spacial score (nSPS) is 46.2. The van der Waals surface area contributed by atoms with Crippen LogP contribution in [0.2, 0.25) is 0 Å². The summed E-state index contributed by atoms with van der Waals surface area (Å²) in [4.78, 5) is 0. The van der Waals surface area contributed by atoms with Crippen LogP contribution in [-0.4, -0.2) is 23.3 Å². The molecule has 2 bridgehead atoms. The molecule has 1 aromatic carbocycles. The van der Waals surface area contributed by atoms with Gasteiger partial charge in [-0.05, 0) is 19.4 Å². The lowest BCUT2D eigenvalue weighted by Gasteiger charge is -2.46. The molecule has 2 nitrogen and oxygen atoms in total. The van der Waals surface area contributed by atoms with Gasteiger partial charge in [0.2, 0.25) is 0 Å². The van der Waals surface area contributed by atoms with E-state index < -0.39 is 0 Å². The highest BCUT2D eigenvalue weighted by Crippen LogP contribution is 2.53. The fourth-order valence-corrected chi connectivity index (χ4v) is 3.99. The first-order valence-corrected chi connectivity index (χ1v) is 6.21. The Morgan fingerprint density at radius 3 is 2.19 bits per heavy atom. The Bertz CT molecular complexity index is 388. The lowest BCUT2D eigenvalue weighted by Crippen LogP contribution is -2.49. The summed E-state index contributed by atoms with van der Waals surface area (Å²) in [5, 5.41) is 12.7. The van der Waals surface area contributed by atoms with Gasteiger partial charge in [-0.15, -0.1) is 0 Å². The van der Waals surface area contributed by atoms with Crippen molar-refractivity contribution in [2.24, 2.45) is 0 Å². The van der Waals surface area contributed by atoms with E-state index in [9.17, 15) is 5.21 Å². The van der Waals surface area contributed by atoms with Crippen LogP contribution >= 0.6 is 0 Å². The van der Waals surface area contributed by atoms with E-state index in [0.717, 1.165) is 19.4 Å². The van der Waals surface area contributed by atoms with Gasteiger partial charge in [0, 0.05) is 12.8 Å². The molecule has 2 atom stereocenters. The fourth-order valence-electron chi connectivity index (χ4n) is 3.99. The number of piperidine rings is 1. The number of quaternary nitrogens is 1. The van der Waals surface area contributed by atoms with Gasteiger partial charge in [-0.3, -0.25) is 0 Å². The summed E-state index contributed by atoms with van der Waals surface area (Å²) in [5.41, 5.74) is 1.55. The Morgan fingerprint density at radius 1 is 1.12 bits per heavy atom. The van der Waals surface area contributed by atoms with Crippen LogP contribution in [0.4, 0.5) is 0 Å². The molecule has 2 aliphatic rings. The quantitative estimate of drug-likeness (QED) is 0.524. The molecular weight excluding hydrogens is 198 g/mol. The monoisotopic (exact) mass is 217 g/mol. The highest BCUT2D eigenvalue weighted by atomic mass is 16.6. The first kappa shape index (κ1) is 10.3. The zero-order chi connectivity index (χ0) is 11.4. The minimum absolute atomic E-state index is 0.0366. The average molecular weight is 217 g/mol. The van der Waals surface area contributed by atoms with Crippen LogP contribution in [0.3, 0.4) is 0 Å². The molecule has 0 saturated carbocycles. The molecule has 2 aliphatic heterocycles. The van der Waals surface area contributed by atoms with Crippen molar-refractivity contribution in [3.8, 4) is 0 Å². The number of rotatable bonds is 1. The van der Waals surface area contributed by atoms with E-state index in [1.54, 1.807) is 0 Å². The van der Waals surface area contributed by atoms with Crippen LogP contribution in [0.15, 0.2) is 30.3 Å². The summed E-state index contributed by atoms with van der Waals surface area (Å²) >= 11 is 0. The van der Waals surface area contributed by atoms with Crippen LogP contribution in [0, 0.1) is 5.21 Å². The number of fused-ring (bicyclic) bond motifs is 2. The first-order valence-electron chi connectivity index (χ1n) is 6.21. The summed E-state index contributed by atoms with van der Waals surface area (Å²) in [5.74, 6) is 0. The van der Waals surface area contributed by atoms with Crippen LogP contribution < -0.4 is 0 Å². The van der Waals surface area contributed by atoms with Gasteiger partial charge >= 0.3 is 0 Å². The van der Waals surface area contributed by atoms with Crippen molar-refractivity contribution in [1.29, 1.82) is 0 Å². The molecule has 86 valence electrons. The number of benzene rings is 1. The number of hydrogen-bond acceptors (Lipinski definition) is 1. The van der Waals surface area contributed by atoms with E-state index in [1.807, 2.05) is 0 Å². The van der Waals surface area contributed by atoms with Gasteiger partial charge in [0.05, 0.1) is 24.0 Å². The standard InChI is InChI=1S/C14H19NO/c1-11-8-14(13-6-4-3-5-7-13)9-12(2)15(11,16)10-14/h3-7,11-12H,8-10H2,1-2H3/t11-,12-,14?,15?/m0/s1. The Balaban J connectivity index is 2.04. The van der Waals surface area contributed by atoms with Crippen LogP contribution in [0.5, 0.6) is 0 Å². The van der Waals surface area contributed by atoms with Gasteiger partial charge in [-0.2, -0.15) is 0 Å². The molecule has 3 rings (SSSR count). The Kier molecular flexibility index (Phi) is 1.99. The molecule has 2 saturated heterocycles. The van der Waals surface area contributed by atoms with E-state index in [0.29, 0.717) is 0 Å². The van der Waals surface area contributed by atoms with Gasteiger partial charge < -0.3 is 9.85 Å². The lowest BCUT2D eigenvalue weighted by atomic mass is 9.75. The average Bonchev–Trinajstić information content (AvgIpc) is 2.68. The van der Waals surface area contributed by atoms with Gasteiger partial charge in [-0.25, -0.2) is 0 Å². The Morgan fingerprint density at radius 2 is 1.69 bits per heavy atom. The van der Waals surface area contributed by atoms with Crippen molar-refractivity contribution in [2.75, 3.05) is 6.54 Å². The molecular formula is C14H19NO. The van der Waals surface area contributed by atoms with E-state index in [2.05, 4.69) is 44.2 Å². The summed E-state index contributed by atoms with van der Waals surface area (Å²) in [6, 6.07) is 11.2. The third kappa shape index (κ3) is 1.14. The number of hydroxylamine groups is 3. The topological polar surface area (TPSA) is 23.1 Å². The molecule has 0 aromatic heterocycles. The van der Waals surface area contributed by atoms with Crippen molar-refractivity contribution < 1.29 is 4.65 Å². The molecule has 0 spiro atoms. The molecule has 0 amide bonds. The second-order valence-electron chi connectivity index (χ2n) is 5.76. The Labute approximate surface area is 97.1 Å². The van der Waals surface area contributed by atoms with Gasteiger partial charge in [0.25, 0.3) is 0 Å². The summed E-state index contributed by atoms with van der Waals surface area (Å²) in [6.45, 7) is 5.03. The largest absolute Gasteiger partial charge is 0.632 e. The molecule has 2 heteroatoms. The zero-order valence-electron chi connectivity index (χ0n) is 10.0. The molecule has 0 unspecified atom stereocenters. The van der Waals surface area contributed by atoms with Gasteiger partial charge in [-0.1, -0.05) is 30.3 Å². The number of hydrogen-bond donors (Lipinski definition) is 0. The lowest BCUT2D eigenvalue weighted by molar-refractivity contribution is -0.905. The third-order valence-electron chi connectivity index (χ3n) is 4.80. The first-order chi connectivity index (χ1) is 7.57. The minimum Gasteiger partial charge on any atom is -0.632 e. The highest BCUT2D eigenvalue weighted by molar-refractivity contribution is 5.29. The van der Waals surface area contributed by atoms with E-state index in [-0.39, 0.29) is 22.1 Å². The van der Waals surface area contributed by atoms with E-state index in [4.69, 9.17) is 0 Å². The molecule has 1 aromatic rings. The Hall–Kier alpha value is -0.860. The molecule has 0 aliphatic carbocycles. The molecule has 0 radical (unpaired) electrons. The van der Waals surface area contributed by atoms with Crippen molar-refractivity contribution in [2.45, 2.75) is 44.2 Å². The zero-order valence-corrected chi connectivity index (χ0v) is 10.0. The summed E-state index contributed by atoms with van der Waals surface area (Å²) < 4.78 is 0.0366. The van der Waals surface area contributed by atoms with Gasteiger partial charge in [0.1, 0.15) is 0 Å².